The monoisotopic (exact) mass is 153 g/mol. The summed E-state index contributed by atoms with van der Waals surface area (Å²) in [7, 11) is 0. The molecule has 2 fully saturated rings. The quantitative estimate of drug-likeness (QED) is 0.612. The Kier molecular flexibility index (Phi) is 1.71. The van der Waals surface area contributed by atoms with Crippen molar-refractivity contribution >= 4 is 0 Å². The van der Waals surface area contributed by atoms with Crippen molar-refractivity contribution in [2.45, 2.75) is 39.2 Å². The molecule has 11 heavy (non-hydrogen) atoms. The third-order valence-electron chi connectivity index (χ3n) is 3.94. The van der Waals surface area contributed by atoms with E-state index in [2.05, 4.69) is 13.8 Å². The summed E-state index contributed by atoms with van der Waals surface area (Å²) in [5.74, 6) is 3.87. The number of hydrogen-bond acceptors (Lipinski definition) is 1. The van der Waals surface area contributed by atoms with Gasteiger partial charge in [0.2, 0.25) is 0 Å². The van der Waals surface area contributed by atoms with Crippen LogP contribution in [0.1, 0.15) is 33.1 Å². The van der Waals surface area contributed by atoms with Crippen molar-refractivity contribution in [1.82, 2.24) is 0 Å². The first-order valence-electron chi connectivity index (χ1n) is 4.95. The molecule has 0 heterocycles. The fourth-order valence-corrected chi connectivity index (χ4v) is 3.25. The summed E-state index contributed by atoms with van der Waals surface area (Å²) < 4.78 is 0. The van der Waals surface area contributed by atoms with E-state index in [0.717, 1.165) is 23.7 Å². The van der Waals surface area contributed by atoms with Gasteiger partial charge in [-0.1, -0.05) is 13.3 Å². The van der Waals surface area contributed by atoms with Crippen LogP contribution in [0.15, 0.2) is 0 Å². The van der Waals surface area contributed by atoms with Gasteiger partial charge in [0, 0.05) is 6.04 Å². The number of nitrogens with two attached hydrogens (primary N) is 1. The van der Waals surface area contributed by atoms with Crippen molar-refractivity contribution in [2.75, 3.05) is 0 Å². The zero-order valence-electron chi connectivity index (χ0n) is 7.59. The molecule has 2 saturated carbocycles. The highest BCUT2D eigenvalue weighted by Crippen LogP contribution is 2.54. The van der Waals surface area contributed by atoms with E-state index in [9.17, 15) is 0 Å². The molecule has 5 unspecified atom stereocenters. The zero-order valence-corrected chi connectivity index (χ0v) is 7.59. The van der Waals surface area contributed by atoms with Gasteiger partial charge in [0.05, 0.1) is 0 Å². The minimum absolute atomic E-state index is 0.441. The van der Waals surface area contributed by atoms with Crippen LogP contribution in [0.3, 0.4) is 0 Å². The molecule has 0 aliphatic heterocycles. The summed E-state index contributed by atoms with van der Waals surface area (Å²) in [6, 6.07) is 0.441. The molecule has 0 aromatic carbocycles. The molecule has 0 spiro atoms. The van der Waals surface area contributed by atoms with Gasteiger partial charge in [-0.3, -0.25) is 0 Å². The van der Waals surface area contributed by atoms with Crippen LogP contribution in [0.4, 0.5) is 0 Å². The smallest absolute Gasteiger partial charge is 0.00417 e. The predicted octanol–water partition coefficient (Wildman–Crippen LogP) is 2.02. The minimum atomic E-state index is 0.441. The summed E-state index contributed by atoms with van der Waals surface area (Å²) in [4.78, 5) is 0. The lowest BCUT2D eigenvalue weighted by atomic mass is 9.62. The van der Waals surface area contributed by atoms with Crippen LogP contribution in [0.25, 0.3) is 0 Å². The lowest BCUT2D eigenvalue weighted by Gasteiger charge is -2.45. The van der Waals surface area contributed by atoms with Gasteiger partial charge >= 0.3 is 0 Å². The van der Waals surface area contributed by atoms with E-state index < -0.39 is 0 Å². The summed E-state index contributed by atoms with van der Waals surface area (Å²) >= 11 is 0. The van der Waals surface area contributed by atoms with Gasteiger partial charge in [-0.15, -0.1) is 0 Å². The Morgan fingerprint density at radius 1 is 1.36 bits per heavy atom. The summed E-state index contributed by atoms with van der Waals surface area (Å²) in [5, 5.41) is 0. The van der Waals surface area contributed by atoms with Crippen LogP contribution in [-0.2, 0) is 0 Å². The fraction of sp³-hybridized carbons (Fsp3) is 1.00. The molecule has 2 aliphatic rings. The second kappa shape index (κ2) is 2.48. The van der Waals surface area contributed by atoms with Gasteiger partial charge in [-0.2, -0.15) is 0 Å². The zero-order chi connectivity index (χ0) is 8.01. The molecular formula is C10H19N. The van der Waals surface area contributed by atoms with Crippen LogP contribution >= 0.6 is 0 Å². The molecule has 1 nitrogen and oxygen atoms in total. The maximum atomic E-state index is 5.92. The van der Waals surface area contributed by atoms with Gasteiger partial charge in [0.15, 0.2) is 0 Å². The molecule has 0 bridgehead atoms. The second-order valence-electron chi connectivity index (χ2n) is 4.65. The van der Waals surface area contributed by atoms with Crippen LogP contribution in [0.2, 0.25) is 0 Å². The average Bonchev–Trinajstić information content (AvgIpc) is 2.06. The second-order valence-corrected chi connectivity index (χ2v) is 4.65. The first-order valence-corrected chi connectivity index (χ1v) is 4.95. The predicted molar refractivity (Wildman–Crippen MR) is 47.1 cm³/mol. The Bertz CT molecular complexity index is 147. The van der Waals surface area contributed by atoms with E-state index in [1.165, 1.54) is 19.3 Å². The van der Waals surface area contributed by atoms with Gasteiger partial charge in [0.1, 0.15) is 0 Å². The van der Waals surface area contributed by atoms with Crippen molar-refractivity contribution in [2.24, 2.45) is 29.4 Å². The first-order chi connectivity index (χ1) is 5.20. The molecular weight excluding hydrogens is 134 g/mol. The molecule has 2 N–H and O–H groups in total. The van der Waals surface area contributed by atoms with Gasteiger partial charge in [-0.25, -0.2) is 0 Å². The largest absolute Gasteiger partial charge is 0.328 e. The number of fused-ring (bicyclic) bond motifs is 1. The Morgan fingerprint density at radius 3 is 2.64 bits per heavy atom. The van der Waals surface area contributed by atoms with E-state index in [-0.39, 0.29) is 0 Å². The van der Waals surface area contributed by atoms with E-state index >= 15 is 0 Å². The molecule has 0 aromatic heterocycles. The van der Waals surface area contributed by atoms with E-state index in [1.807, 2.05) is 0 Å². The molecule has 0 aromatic rings. The van der Waals surface area contributed by atoms with E-state index in [4.69, 9.17) is 5.73 Å². The Labute approximate surface area is 69.4 Å². The average molecular weight is 153 g/mol. The molecule has 5 atom stereocenters. The topological polar surface area (TPSA) is 26.0 Å². The first kappa shape index (κ1) is 7.60. The van der Waals surface area contributed by atoms with Crippen molar-refractivity contribution in [3.05, 3.63) is 0 Å². The normalized spacial score (nSPS) is 51.5. The molecule has 0 amide bonds. The molecule has 2 rings (SSSR count). The lowest BCUT2D eigenvalue weighted by Crippen LogP contribution is -2.45. The molecule has 1 heteroatoms. The summed E-state index contributed by atoms with van der Waals surface area (Å²) in [6.07, 6.45) is 4.36. The van der Waals surface area contributed by atoms with Crippen LogP contribution in [0, 0.1) is 23.7 Å². The molecule has 2 aliphatic carbocycles. The Balaban J connectivity index is 2.00. The van der Waals surface area contributed by atoms with Crippen LogP contribution in [0.5, 0.6) is 0 Å². The van der Waals surface area contributed by atoms with Crippen molar-refractivity contribution in [1.29, 1.82) is 0 Å². The highest BCUT2D eigenvalue weighted by Gasteiger charge is 2.48. The van der Waals surface area contributed by atoms with Crippen molar-refractivity contribution in [3.63, 3.8) is 0 Å². The molecule has 0 radical (unpaired) electrons. The fourth-order valence-electron chi connectivity index (χ4n) is 3.25. The lowest BCUT2D eigenvalue weighted by molar-refractivity contribution is 0.0567. The van der Waals surface area contributed by atoms with Gasteiger partial charge in [0.25, 0.3) is 0 Å². The van der Waals surface area contributed by atoms with Gasteiger partial charge in [-0.05, 0) is 43.4 Å². The third-order valence-corrected chi connectivity index (χ3v) is 3.94. The highest BCUT2D eigenvalue weighted by atomic mass is 14.7. The van der Waals surface area contributed by atoms with Crippen molar-refractivity contribution < 1.29 is 0 Å². The van der Waals surface area contributed by atoms with E-state index in [1.54, 1.807) is 0 Å². The maximum absolute atomic E-state index is 5.92. The maximum Gasteiger partial charge on any atom is 0.00417 e. The number of hydrogen-bond donors (Lipinski definition) is 1. The summed E-state index contributed by atoms with van der Waals surface area (Å²) in [5.41, 5.74) is 5.92. The van der Waals surface area contributed by atoms with Crippen LogP contribution in [-0.4, -0.2) is 6.04 Å². The number of rotatable bonds is 1. The molecule has 64 valence electrons. The van der Waals surface area contributed by atoms with Crippen LogP contribution < -0.4 is 5.73 Å². The third kappa shape index (κ3) is 1.01. The minimum Gasteiger partial charge on any atom is -0.328 e. The SMILES string of the molecule is CC(N)C1CC2CCC(C)C21. The Morgan fingerprint density at radius 2 is 2.09 bits per heavy atom. The van der Waals surface area contributed by atoms with Gasteiger partial charge < -0.3 is 5.73 Å². The standard InChI is InChI=1S/C10H19N/c1-6-3-4-8-5-9(7(2)11)10(6)8/h6-10H,3-5,11H2,1-2H3. The Hall–Kier alpha value is -0.0400. The summed E-state index contributed by atoms with van der Waals surface area (Å²) in [6.45, 7) is 4.57. The highest BCUT2D eigenvalue weighted by molar-refractivity contribution is 4.99. The van der Waals surface area contributed by atoms with Crippen molar-refractivity contribution in [3.8, 4) is 0 Å². The van der Waals surface area contributed by atoms with E-state index in [0.29, 0.717) is 6.04 Å². The molecule has 0 saturated heterocycles.